The Labute approximate surface area is 231 Å². The Balaban J connectivity index is 1.44. The van der Waals surface area contributed by atoms with Crippen LogP contribution in [0.5, 0.6) is 11.5 Å². The van der Waals surface area contributed by atoms with Gasteiger partial charge in [-0.3, -0.25) is 4.79 Å². The van der Waals surface area contributed by atoms with Crippen LogP contribution in [0.2, 0.25) is 0 Å². The topological polar surface area (TPSA) is 55.8 Å². The van der Waals surface area contributed by atoms with Crippen molar-refractivity contribution >= 4 is 5.97 Å². The summed E-state index contributed by atoms with van der Waals surface area (Å²) in [5.74, 6) is 0.731. The Kier molecular flexibility index (Phi) is 7.45. The Morgan fingerprint density at radius 1 is 1.03 bits per heavy atom. The Bertz CT molecular complexity index is 1380. The molecule has 0 heterocycles. The van der Waals surface area contributed by atoms with Crippen molar-refractivity contribution in [1.82, 2.24) is 0 Å². The third kappa shape index (κ3) is 5.54. The second-order valence-electron chi connectivity index (χ2n) is 12.2. The fraction of sp³-hybridized carbons (Fsp3) is 0.441. The molecule has 206 valence electrons. The first-order valence-corrected chi connectivity index (χ1v) is 14.1. The van der Waals surface area contributed by atoms with Crippen LogP contribution in [0.4, 0.5) is 4.39 Å². The molecule has 0 amide bonds. The predicted octanol–water partition coefficient (Wildman–Crippen LogP) is 8.44. The van der Waals surface area contributed by atoms with Crippen molar-refractivity contribution in [3.05, 3.63) is 82.7 Å². The molecule has 0 bridgehead atoms. The van der Waals surface area contributed by atoms with Crippen molar-refractivity contribution in [2.45, 2.75) is 83.7 Å². The molecule has 39 heavy (non-hydrogen) atoms. The summed E-state index contributed by atoms with van der Waals surface area (Å²) in [7, 11) is 1.60. The van der Waals surface area contributed by atoms with Gasteiger partial charge in [0.15, 0.2) is 0 Å². The molecular formula is C34H39FO4. The molecule has 0 aromatic heterocycles. The van der Waals surface area contributed by atoms with Gasteiger partial charge in [0, 0.05) is 11.0 Å². The number of ether oxygens (including phenoxy) is 2. The molecule has 3 aromatic rings. The van der Waals surface area contributed by atoms with E-state index in [2.05, 4.69) is 39.0 Å². The molecule has 0 aliphatic heterocycles. The minimum atomic E-state index is -0.758. The molecule has 1 fully saturated rings. The smallest absolute Gasteiger partial charge is 0.304 e. The summed E-state index contributed by atoms with van der Waals surface area (Å²) in [6.07, 6.45) is 5.97. The van der Waals surface area contributed by atoms with Gasteiger partial charge in [0.2, 0.25) is 0 Å². The van der Waals surface area contributed by atoms with Crippen molar-refractivity contribution in [3.63, 3.8) is 0 Å². The number of halogens is 1. The van der Waals surface area contributed by atoms with Crippen molar-refractivity contribution in [2.75, 3.05) is 7.11 Å². The number of hydrogen-bond donors (Lipinski definition) is 1. The number of aliphatic carboxylic acids is 1. The number of carboxylic acid groups (broad SMARTS) is 1. The van der Waals surface area contributed by atoms with Gasteiger partial charge in [0.25, 0.3) is 0 Å². The van der Waals surface area contributed by atoms with Gasteiger partial charge in [0.1, 0.15) is 23.9 Å². The van der Waals surface area contributed by atoms with Gasteiger partial charge < -0.3 is 14.6 Å². The molecule has 5 heteroatoms. The summed E-state index contributed by atoms with van der Waals surface area (Å²) in [5.41, 5.74) is 5.94. The quantitative estimate of drug-likeness (QED) is 0.302. The van der Waals surface area contributed by atoms with Gasteiger partial charge in [-0.25, -0.2) is 4.39 Å². The molecule has 5 rings (SSSR count). The molecule has 2 atom stereocenters. The lowest BCUT2D eigenvalue weighted by atomic mass is 9.76. The zero-order valence-electron chi connectivity index (χ0n) is 23.5. The number of carboxylic acids is 1. The summed E-state index contributed by atoms with van der Waals surface area (Å²) < 4.78 is 26.7. The van der Waals surface area contributed by atoms with Crippen LogP contribution in [0.3, 0.4) is 0 Å². The summed E-state index contributed by atoms with van der Waals surface area (Å²) in [4.78, 5) is 11.6. The first-order chi connectivity index (χ1) is 18.6. The Hall–Kier alpha value is -3.34. The molecule has 4 nitrogen and oxygen atoms in total. The zero-order valence-corrected chi connectivity index (χ0v) is 23.5. The predicted molar refractivity (Wildman–Crippen MR) is 152 cm³/mol. The van der Waals surface area contributed by atoms with Crippen molar-refractivity contribution in [2.24, 2.45) is 5.41 Å². The van der Waals surface area contributed by atoms with E-state index in [0.717, 1.165) is 66.5 Å². The van der Waals surface area contributed by atoms with Crippen molar-refractivity contribution in [1.29, 1.82) is 0 Å². The summed E-state index contributed by atoms with van der Waals surface area (Å²) in [6, 6.07) is 17.3. The number of benzene rings is 3. The molecule has 2 aliphatic rings. The number of hydrogen-bond acceptors (Lipinski definition) is 3. The van der Waals surface area contributed by atoms with Gasteiger partial charge in [-0.15, -0.1) is 0 Å². The molecule has 0 radical (unpaired) electrons. The van der Waals surface area contributed by atoms with Gasteiger partial charge in [0.05, 0.1) is 13.5 Å². The lowest BCUT2D eigenvalue weighted by Crippen LogP contribution is -2.25. The number of rotatable bonds is 9. The SMILES string of the molecule is CCC1(CC(=O)O)CCc2ccc(OCc3ccc(-c4cc(OC)ccc4F)c(C4CCC(C)(C)C4)c3)cc21. The highest BCUT2D eigenvalue weighted by molar-refractivity contribution is 5.71. The van der Waals surface area contributed by atoms with E-state index in [9.17, 15) is 9.90 Å². The van der Waals surface area contributed by atoms with Gasteiger partial charge >= 0.3 is 5.97 Å². The first kappa shape index (κ1) is 27.2. The van der Waals surface area contributed by atoms with E-state index in [1.807, 2.05) is 18.2 Å². The minimum Gasteiger partial charge on any atom is -0.497 e. The molecule has 1 saturated carbocycles. The highest BCUT2D eigenvalue weighted by atomic mass is 19.1. The number of aryl methyl sites for hydroxylation is 1. The second kappa shape index (κ2) is 10.7. The largest absolute Gasteiger partial charge is 0.497 e. The maximum atomic E-state index is 15.0. The van der Waals surface area contributed by atoms with E-state index in [0.29, 0.717) is 23.8 Å². The third-order valence-corrected chi connectivity index (χ3v) is 9.09. The lowest BCUT2D eigenvalue weighted by Gasteiger charge is -2.27. The number of fused-ring (bicyclic) bond motifs is 1. The van der Waals surface area contributed by atoms with Gasteiger partial charge in [-0.05, 0) is 108 Å². The summed E-state index contributed by atoms with van der Waals surface area (Å²) >= 11 is 0. The zero-order chi connectivity index (χ0) is 27.8. The van der Waals surface area contributed by atoms with Crippen LogP contribution in [0.1, 0.15) is 87.5 Å². The Morgan fingerprint density at radius 2 is 1.82 bits per heavy atom. The van der Waals surface area contributed by atoms with E-state index in [-0.39, 0.29) is 23.1 Å². The second-order valence-corrected chi connectivity index (χ2v) is 12.2. The van der Waals surface area contributed by atoms with E-state index >= 15 is 4.39 Å². The standard InChI is InChI=1S/C34H39FO4/c1-5-34(20-32(36)37)15-13-23-7-8-26(18-30(23)34)39-21-22-6-10-27(29-17-25(38-4)9-11-31(29)35)28(16-22)24-12-14-33(2,3)19-24/h6-11,16-18,24H,5,12-15,19-21H2,1-4H3,(H,36,37). The fourth-order valence-electron chi connectivity index (χ4n) is 6.82. The summed E-state index contributed by atoms with van der Waals surface area (Å²) in [5, 5.41) is 9.55. The summed E-state index contributed by atoms with van der Waals surface area (Å²) in [6.45, 7) is 7.07. The van der Waals surface area contributed by atoms with Crippen LogP contribution in [0, 0.1) is 11.2 Å². The monoisotopic (exact) mass is 530 g/mol. The van der Waals surface area contributed by atoms with Crippen LogP contribution in [-0.4, -0.2) is 18.2 Å². The van der Waals surface area contributed by atoms with E-state index in [1.54, 1.807) is 19.2 Å². The molecule has 2 aliphatic carbocycles. The average Bonchev–Trinajstić information content (AvgIpc) is 3.47. The van der Waals surface area contributed by atoms with Gasteiger partial charge in [-0.1, -0.05) is 45.0 Å². The van der Waals surface area contributed by atoms with Crippen LogP contribution in [-0.2, 0) is 23.2 Å². The lowest BCUT2D eigenvalue weighted by molar-refractivity contribution is -0.138. The molecule has 3 aromatic carbocycles. The van der Waals surface area contributed by atoms with Crippen LogP contribution < -0.4 is 9.47 Å². The minimum absolute atomic E-state index is 0.142. The van der Waals surface area contributed by atoms with Crippen molar-refractivity contribution in [3.8, 4) is 22.6 Å². The third-order valence-electron chi connectivity index (χ3n) is 9.09. The van der Waals surface area contributed by atoms with Crippen molar-refractivity contribution < 1.29 is 23.8 Å². The Morgan fingerprint density at radius 3 is 2.51 bits per heavy atom. The molecule has 2 unspecified atom stereocenters. The molecule has 0 saturated heterocycles. The highest BCUT2D eigenvalue weighted by Gasteiger charge is 2.39. The molecular weight excluding hydrogens is 491 g/mol. The maximum absolute atomic E-state index is 15.0. The highest BCUT2D eigenvalue weighted by Crippen LogP contribution is 2.49. The van der Waals surface area contributed by atoms with Crippen LogP contribution >= 0.6 is 0 Å². The van der Waals surface area contributed by atoms with E-state index < -0.39 is 5.97 Å². The molecule has 1 N–H and O–H groups in total. The van der Waals surface area contributed by atoms with Crippen LogP contribution in [0.15, 0.2) is 54.6 Å². The normalized spacial score (nSPS) is 21.5. The average molecular weight is 531 g/mol. The maximum Gasteiger partial charge on any atom is 0.304 e. The van der Waals surface area contributed by atoms with Gasteiger partial charge in [-0.2, -0.15) is 0 Å². The fourth-order valence-corrected chi connectivity index (χ4v) is 6.82. The molecule has 0 spiro atoms. The number of methoxy groups -OCH3 is 1. The van der Waals surface area contributed by atoms with Crippen LogP contribution in [0.25, 0.3) is 11.1 Å². The number of carbonyl (C=O) groups is 1. The van der Waals surface area contributed by atoms with E-state index in [1.165, 1.54) is 11.6 Å². The van der Waals surface area contributed by atoms with E-state index in [4.69, 9.17) is 9.47 Å². The first-order valence-electron chi connectivity index (χ1n) is 14.1.